The van der Waals surface area contributed by atoms with Gasteiger partial charge in [-0.3, -0.25) is 0 Å². The van der Waals surface area contributed by atoms with E-state index in [2.05, 4.69) is 264 Å². The zero-order chi connectivity index (χ0) is 45.6. The van der Waals surface area contributed by atoms with Crippen LogP contribution >= 0.6 is 0 Å². The lowest BCUT2D eigenvalue weighted by molar-refractivity contribution is 0.590. The summed E-state index contributed by atoms with van der Waals surface area (Å²) in [5.41, 5.74) is 20.1. The maximum Gasteiger partial charge on any atom is 0.0347 e. The summed E-state index contributed by atoms with van der Waals surface area (Å²) in [4.78, 5) is 0. The summed E-state index contributed by atoms with van der Waals surface area (Å²) in [6.07, 6.45) is 0. The summed E-state index contributed by atoms with van der Waals surface area (Å²) in [6.45, 7) is 27.0. The average Bonchev–Trinajstić information content (AvgIpc) is 3.71. The van der Waals surface area contributed by atoms with E-state index in [0.717, 1.165) is 66.8 Å². The molecule has 0 fully saturated rings. The summed E-state index contributed by atoms with van der Waals surface area (Å²) < 4.78 is 0. The first kappa shape index (κ1) is 43.7. The van der Waals surface area contributed by atoms with Crippen LogP contribution in [0.3, 0.4) is 0 Å². The molecule has 0 heteroatoms. The van der Waals surface area contributed by atoms with Gasteiger partial charge in [-0.1, -0.05) is 228 Å². The molecule has 0 N–H and O–H groups in total. The van der Waals surface area contributed by atoms with Gasteiger partial charge in [-0.15, -0.1) is 0 Å². The van der Waals surface area contributed by atoms with Crippen LogP contribution in [0.25, 0.3) is 44.5 Å². The van der Waals surface area contributed by atoms with Gasteiger partial charge in [0.2, 0.25) is 0 Å². The Morgan fingerprint density at radius 2 is 0.469 bits per heavy atom. The number of rotatable bonds is 0. The number of hydrogen-bond acceptors (Lipinski definition) is 0. The molecule has 8 rings (SSSR count). The van der Waals surface area contributed by atoms with Crippen molar-refractivity contribution in [3.63, 3.8) is 0 Å². The van der Waals surface area contributed by atoms with Crippen molar-refractivity contribution in [1.29, 1.82) is 0 Å². The van der Waals surface area contributed by atoms with Crippen LogP contribution in [0.5, 0.6) is 0 Å². The van der Waals surface area contributed by atoms with Crippen LogP contribution in [0, 0.1) is 47.4 Å². The van der Waals surface area contributed by atoms with Crippen LogP contribution in [-0.4, -0.2) is 0 Å². The van der Waals surface area contributed by atoms with Gasteiger partial charge in [0.05, 0.1) is 0 Å². The van der Waals surface area contributed by atoms with E-state index in [-0.39, 0.29) is 21.7 Å². The van der Waals surface area contributed by atoms with Crippen molar-refractivity contribution in [2.24, 2.45) is 0 Å². The van der Waals surface area contributed by atoms with Gasteiger partial charge in [-0.05, 0) is 125 Å². The standard InChI is InChI=1S/C64H58/c1-61(2,3)51-27-25-45-19-17-43(55(45)35-29-51)21-23-49-41-47(57-37-31-53(63(7,8)9)33-39-59(49)57)15-13-14-16-48-42-50(60-40-34-54(64(10,11)12)32-38-58(48)60)24-22-44-18-20-46-26-28-52(62(4,5)6)30-36-56(44)46/h17-20,25-42H,1-12H3. The van der Waals surface area contributed by atoms with Crippen molar-refractivity contribution >= 4 is 0 Å². The Hall–Kier alpha value is -6.96. The van der Waals surface area contributed by atoms with Crippen molar-refractivity contribution in [3.8, 4) is 91.9 Å². The minimum absolute atomic E-state index is 0.00363. The maximum absolute atomic E-state index is 3.56. The predicted molar refractivity (Wildman–Crippen MR) is 273 cm³/mol. The van der Waals surface area contributed by atoms with E-state index in [1.807, 2.05) is 0 Å². The lowest BCUT2D eigenvalue weighted by Crippen LogP contribution is -2.09. The average molecular weight is 827 g/mol. The van der Waals surface area contributed by atoms with Gasteiger partial charge in [0, 0.05) is 33.4 Å². The molecule has 8 aliphatic rings. The fourth-order valence-electron chi connectivity index (χ4n) is 8.30. The molecule has 0 saturated carbocycles. The van der Waals surface area contributed by atoms with Gasteiger partial charge in [0.25, 0.3) is 0 Å². The van der Waals surface area contributed by atoms with Crippen LogP contribution in [0.15, 0.2) is 133 Å². The van der Waals surface area contributed by atoms with E-state index in [9.17, 15) is 0 Å². The second kappa shape index (κ2) is 16.6. The molecule has 8 aliphatic carbocycles. The topological polar surface area (TPSA) is 0 Å². The highest BCUT2D eigenvalue weighted by atomic mass is 14.2. The minimum Gasteiger partial charge on any atom is -0.0610 e. The van der Waals surface area contributed by atoms with Crippen molar-refractivity contribution in [1.82, 2.24) is 0 Å². The van der Waals surface area contributed by atoms with Crippen LogP contribution in [0.1, 0.15) is 139 Å². The zero-order valence-corrected chi connectivity index (χ0v) is 39.7. The summed E-state index contributed by atoms with van der Waals surface area (Å²) >= 11 is 0. The van der Waals surface area contributed by atoms with Gasteiger partial charge in [-0.2, -0.15) is 0 Å². The fraction of sp³-hybridized carbons (Fsp3) is 0.250. The van der Waals surface area contributed by atoms with Crippen LogP contribution in [0.2, 0.25) is 0 Å². The van der Waals surface area contributed by atoms with Gasteiger partial charge in [0.15, 0.2) is 0 Å². The lowest BCUT2D eigenvalue weighted by Gasteiger charge is -2.17. The molecule has 0 aromatic heterocycles. The molecule has 0 atom stereocenters. The Kier molecular flexibility index (Phi) is 11.3. The third kappa shape index (κ3) is 9.22. The fourth-order valence-corrected chi connectivity index (χ4v) is 8.30. The molecule has 0 unspecified atom stereocenters. The Bertz CT molecular complexity index is 2980. The molecular weight excluding hydrogens is 769 g/mol. The first-order chi connectivity index (χ1) is 30.2. The SMILES string of the molecule is CC(C)(C)c1ccc2ccc(C#Cc3cc(C#CC#Cc4cc(C#Cc5ccc6ccc(C(C)(C)C)ccc5-6)c5ccc(C(C)(C)C)ccc4-5)c4ccc(C(C)(C)C)ccc3-4)c-2cc1. The highest BCUT2D eigenvalue weighted by Gasteiger charge is 2.20. The van der Waals surface area contributed by atoms with Crippen molar-refractivity contribution < 1.29 is 0 Å². The van der Waals surface area contributed by atoms with E-state index in [1.165, 1.54) is 33.4 Å². The zero-order valence-electron chi connectivity index (χ0n) is 39.7. The van der Waals surface area contributed by atoms with Crippen LogP contribution in [-0.2, 0) is 21.7 Å². The Morgan fingerprint density at radius 3 is 0.766 bits per heavy atom. The molecular formula is C64H58. The van der Waals surface area contributed by atoms with Gasteiger partial charge in [-0.25, -0.2) is 0 Å². The van der Waals surface area contributed by atoms with Gasteiger partial charge < -0.3 is 0 Å². The second-order valence-electron chi connectivity index (χ2n) is 21.3. The monoisotopic (exact) mass is 826 g/mol. The first-order valence-corrected chi connectivity index (χ1v) is 22.5. The quantitative estimate of drug-likeness (QED) is 0.134. The molecule has 0 amide bonds. The highest BCUT2D eigenvalue weighted by molar-refractivity contribution is 5.85. The van der Waals surface area contributed by atoms with Gasteiger partial charge >= 0.3 is 0 Å². The third-order valence-electron chi connectivity index (χ3n) is 12.4. The van der Waals surface area contributed by atoms with Gasteiger partial charge in [0.1, 0.15) is 0 Å². The summed E-state index contributed by atoms with van der Waals surface area (Å²) in [5.74, 6) is 27.6. The minimum atomic E-state index is -0.00363. The van der Waals surface area contributed by atoms with E-state index >= 15 is 0 Å². The number of fused-ring (bicyclic) bond motifs is 4. The summed E-state index contributed by atoms with van der Waals surface area (Å²) in [6, 6.07) is 48.4. The maximum atomic E-state index is 3.56. The molecule has 0 nitrogen and oxygen atoms in total. The molecule has 0 aromatic carbocycles. The van der Waals surface area contributed by atoms with E-state index in [4.69, 9.17) is 0 Å². The third-order valence-corrected chi connectivity index (χ3v) is 12.4. The molecule has 0 aliphatic heterocycles. The van der Waals surface area contributed by atoms with Crippen LogP contribution in [0.4, 0.5) is 0 Å². The Morgan fingerprint density at radius 1 is 0.234 bits per heavy atom. The molecule has 64 heavy (non-hydrogen) atoms. The normalized spacial score (nSPS) is 11.9. The predicted octanol–water partition coefficient (Wildman–Crippen LogP) is 15.5. The molecule has 0 heterocycles. The number of hydrogen-bond donors (Lipinski definition) is 0. The first-order valence-electron chi connectivity index (χ1n) is 22.5. The van der Waals surface area contributed by atoms with Crippen LogP contribution < -0.4 is 0 Å². The van der Waals surface area contributed by atoms with Crippen molar-refractivity contribution in [2.45, 2.75) is 105 Å². The molecule has 0 saturated heterocycles. The molecule has 0 bridgehead atoms. The van der Waals surface area contributed by atoms with E-state index in [1.54, 1.807) is 0 Å². The summed E-state index contributed by atoms with van der Waals surface area (Å²) in [7, 11) is 0. The molecule has 0 radical (unpaired) electrons. The Balaban J connectivity index is 1.18. The van der Waals surface area contributed by atoms with Crippen molar-refractivity contribution in [3.05, 3.63) is 189 Å². The molecule has 314 valence electrons. The van der Waals surface area contributed by atoms with E-state index in [0.29, 0.717) is 0 Å². The second-order valence-corrected chi connectivity index (χ2v) is 21.3. The molecule has 0 aromatic rings. The smallest absolute Gasteiger partial charge is 0.0347 e. The summed E-state index contributed by atoms with van der Waals surface area (Å²) in [5, 5.41) is 0. The lowest BCUT2D eigenvalue weighted by atomic mass is 9.88. The molecule has 0 spiro atoms. The highest BCUT2D eigenvalue weighted by Crippen LogP contribution is 2.37. The van der Waals surface area contributed by atoms with E-state index < -0.39 is 0 Å². The van der Waals surface area contributed by atoms with Crippen molar-refractivity contribution in [2.75, 3.05) is 0 Å². The Labute approximate surface area is 384 Å². The largest absolute Gasteiger partial charge is 0.0610 e.